The molecule has 176 valence electrons. The Morgan fingerprint density at radius 1 is 1.15 bits per heavy atom. The van der Waals surface area contributed by atoms with Crippen LogP contribution in [0.2, 0.25) is 5.02 Å². The van der Waals surface area contributed by atoms with Gasteiger partial charge in [-0.05, 0) is 37.1 Å². The molecule has 0 atom stereocenters. The third kappa shape index (κ3) is 5.05. The molecular formula is C23H22ClN5O4S. The van der Waals surface area contributed by atoms with Crippen LogP contribution in [0.4, 0.5) is 11.5 Å². The molecule has 0 amide bonds. The highest BCUT2D eigenvalue weighted by molar-refractivity contribution is 7.92. The van der Waals surface area contributed by atoms with E-state index in [-0.39, 0.29) is 6.10 Å². The van der Waals surface area contributed by atoms with E-state index < -0.39 is 10.0 Å². The van der Waals surface area contributed by atoms with E-state index >= 15 is 0 Å². The monoisotopic (exact) mass is 499 g/mol. The molecule has 2 heterocycles. The van der Waals surface area contributed by atoms with Crippen molar-refractivity contribution in [2.24, 2.45) is 0 Å². The topological polar surface area (TPSA) is 109 Å². The Morgan fingerprint density at radius 2 is 1.91 bits per heavy atom. The summed E-state index contributed by atoms with van der Waals surface area (Å²) in [6.45, 7) is 1.97. The lowest BCUT2D eigenvalue weighted by atomic mass is 10.2. The van der Waals surface area contributed by atoms with Gasteiger partial charge in [-0.15, -0.1) is 0 Å². The molecule has 34 heavy (non-hydrogen) atoms. The van der Waals surface area contributed by atoms with Crippen molar-refractivity contribution in [1.82, 2.24) is 9.78 Å². The van der Waals surface area contributed by atoms with Crippen LogP contribution in [0.5, 0.6) is 17.2 Å². The Hall–Kier alpha value is -3.42. The molecule has 0 radical (unpaired) electrons. The van der Waals surface area contributed by atoms with Crippen LogP contribution in [-0.4, -0.2) is 37.1 Å². The second-order valence-corrected chi connectivity index (χ2v) is 10.5. The normalized spacial score (nSPS) is 15.4. The molecule has 3 aromatic rings. The lowest BCUT2D eigenvalue weighted by Crippen LogP contribution is -2.33. The Morgan fingerprint density at radius 3 is 2.59 bits per heavy atom. The Kier molecular flexibility index (Phi) is 5.75. The van der Waals surface area contributed by atoms with E-state index in [2.05, 4.69) is 20.8 Å². The van der Waals surface area contributed by atoms with Gasteiger partial charge in [0.1, 0.15) is 17.6 Å². The van der Waals surface area contributed by atoms with Gasteiger partial charge < -0.3 is 14.4 Å². The number of nitrogens with one attached hydrogen (secondary N) is 1. The average Bonchev–Trinajstić information content (AvgIpc) is 3.52. The molecule has 1 aliphatic carbocycles. The molecule has 1 aliphatic heterocycles. The van der Waals surface area contributed by atoms with Crippen molar-refractivity contribution < 1.29 is 17.9 Å². The SMILES string of the molecule is CS(=O)(=O)Nc1cc2n(n1)CCN(c1ccc(Oc3cc(Cl)c(OC4CC4)c(C#N)c3)cc1)C2. The van der Waals surface area contributed by atoms with Crippen LogP contribution in [-0.2, 0) is 23.1 Å². The predicted octanol–water partition coefficient (Wildman–Crippen LogP) is 4.13. The molecule has 0 saturated heterocycles. The van der Waals surface area contributed by atoms with Crippen LogP contribution in [0.15, 0.2) is 42.5 Å². The predicted molar refractivity (Wildman–Crippen MR) is 128 cm³/mol. The maximum Gasteiger partial charge on any atom is 0.231 e. The van der Waals surface area contributed by atoms with Gasteiger partial charge in [-0.2, -0.15) is 10.4 Å². The summed E-state index contributed by atoms with van der Waals surface area (Å²) in [4.78, 5) is 2.18. The fraction of sp³-hybridized carbons (Fsp3) is 0.304. The van der Waals surface area contributed by atoms with E-state index in [1.807, 2.05) is 28.9 Å². The smallest absolute Gasteiger partial charge is 0.231 e. The van der Waals surface area contributed by atoms with Crippen molar-refractivity contribution in [3.05, 3.63) is 58.7 Å². The van der Waals surface area contributed by atoms with E-state index in [9.17, 15) is 13.7 Å². The van der Waals surface area contributed by atoms with Crippen LogP contribution < -0.4 is 19.1 Å². The van der Waals surface area contributed by atoms with Crippen molar-refractivity contribution in [2.45, 2.75) is 32.0 Å². The lowest BCUT2D eigenvalue weighted by molar-refractivity contribution is 0.302. The first-order valence-electron chi connectivity index (χ1n) is 10.7. The Balaban J connectivity index is 1.27. The van der Waals surface area contributed by atoms with Crippen LogP contribution in [0.1, 0.15) is 24.1 Å². The average molecular weight is 500 g/mol. The molecule has 11 heteroatoms. The van der Waals surface area contributed by atoms with Gasteiger partial charge in [0.2, 0.25) is 10.0 Å². The summed E-state index contributed by atoms with van der Waals surface area (Å²) < 4.78 is 38.9. The number of fused-ring (bicyclic) bond motifs is 1. The van der Waals surface area contributed by atoms with Gasteiger partial charge >= 0.3 is 0 Å². The van der Waals surface area contributed by atoms with Gasteiger partial charge in [-0.3, -0.25) is 9.40 Å². The van der Waals surface area contributed by atoms with E-state index in [0.717, 1.165) is 37.0 Å². The summed E-state index contributed by atoms with van der Waals surface area (Å²) >= 11 is 6.35. The first kappa shape index (κ1) is 22.4. The number of nitriles is 1. The fourth-order valence-corrected chi connectivity index (χ4v) is 4.50. The maximum absolute atomic E-state index is 11.5. The second-order valence-electron chi connectivity index (χ2n) is 8.35. The third-order valence-electron chi connectivity index (χ3n) is 5.47. The van der Waals surface area contributed by atoms with Gasteiger partial charge in [-0.25, -0.2) is 8.42 Å². The largest absolute Gasteiger partial charge is 0.487 e. The molecule has 1 N–H and O–H groups in total. The zero-order valence-corrected chi connectivity index (χ0v) is 19.9. The summed E-state index contributed by atoms with van der Waals surface area (Å²) in [5.41, 5.74) is 2.27. The van der Waals surface area contributed by atoms with E-state index in [1.54, 1.807) is 18.2 Å². The molecule has 9 nitrogen and oxygen atoms in total. The van der Waals surface area contributed by atoms with Gasteiger partial charge in [-0.1, -0.05) is 11.6 Å². The van der Waals surface area contributed by atoms with Crippen molar-refractivity contribution in [2.75, 3.05) is 22.4 Å². The number of hydrogen-bond donors (Lipinski definition) is 1. The second kappa shape index (κ2) is 8.74. The minimum Gasteiger partial charge on any atom is -0.487 e. The molecule has 2 aromatic carbocycles. The highest BCUT2D eigenvalue weighted by Crippen LogP contribution is 2.38. The lowest BCUT2D eigenvalue weighted by Gasteiger charge is -2.29. The fourth-order valence-electron chi connectivity index (χ4n) is 3.77. The molecule has 1 aromatic heterocycles. The summed E-state index contributed by atoms with van der Waals surface area (Å²) in [7, 11) is -3.37. The number of anilines is 2. The van der Waals surface area contributed by atoms with Crippen molar-refractivity contribution in [3.8, 4) is 23.3 Å². The molecule has 1 saturated carbocycles. The molecular weight excluding hydrogens is 478 g/mol. The number of sulfonamides is 1. The van der Waals surface area contributed by atoms with Gasteiger partial charge in [0, 0.05) is 30.4 Å². The summed E-state index contributed by atoms with van der Waals surface area (Å²) in [6, 6.07) is 14.8. The van der Waals surface area contributed by atoms with Crippen molar-refractivity contribution >= 4 is 33.1 Å². The van der Waals surface area contributed by atoms with Crippen molar-refractivity contribution in [3.63, 3.8) is 0 Å². The number of hydrogen-bond acceptors (Lipinski definition) is 7. The third-order valence-corrected chi connectivity index (χ3v) is 6.33. The summed E-state index contributed by atoms with van der Waals surface area (Å²) in [5.74, 6) is 1.81. The number of nitrogens with zero attached hydrogens (tertiary/aromatic N) is 4. The molecule has 5 rings (SSSR count). The highest BCUT2D eigenvalue weighted by atomic mass is 35.5. The van der Waals surface area contributed by atoms with E-state index in [1.165, 1.54) is 0 Å². The minimum atomic E-state index is -3.37. The molecule has 0 bridgehead atoms. The van der Waals surface area contributed by atoms with Crippen LogP contribution in [0.3, 0.4) is 0 Å². The zero-order chi connectivity index (χ0) is 23.9. The quantitative estimate of drug-likeness (QED) is 0.520. The zero-order valence-electron chi connectivity index (χ0n) is 18.4. The number of benzene rings is 2. The standard InChI is InChI=1S/C23H22ClN5O4S/c1-34(30,31)27-22-11-17-14-28(8-9-29(17)26-22)16-2-4-18(5-3-16)32-20-10-15(13-25)23(21(24)12-20)33-19-6-7-19/h2-5,10-12,19H,6-9,14H2,1H3,(H,26,27). The Bertz CT molecular complexity index is 1380. The number of halogens is 1. The van der Waals surface area contributed by atoms with Crippen LogP contribution in [0, 0.1) is 11.3 Å². The molecule has 2 aliphatic rings. The summed E-state index contributed by atoms with van der Waals surface area (Å²) in [6.07, 6.45) is 3.19. The van der Waals surface area contributed by atoms with E-state index in [0.29, 0.717) is 46.7 Å². The molecule has 0 unspecified atom stereocenters. The maximum atomic E-state index is 11.5. The summed E-state index contributed by atoms with van der Waals surface area (Å²) in [5, 5.41) is 14.1. The van der Waals surface area contributed by atoms with Crippen LogP contribution >= 0.6 is 11.6 Å². The number of rotatable bonds is 7. The number of aromatic nitrogens is 2. The van der Waals surface area contributed by atoms with Gasteiger partial charge in [0.25, 0.3) is 0 Å². The van der Waals surface area contributed by atoms with Gasteiger partial charge in [0.05, 0.1) is 41.7 Å². The first-order valence-corrected chi connectivity index (χ1v) is 13.0. The minimum absolute atomic E-state index is 0.139. The van der Waals surface area contributed by atoms with E-state index in [4.69, 9.17) is 21.1 Å². The molecule has 1 fully saturated rings. The first-order chi connectivity index (χ1) is 16.3. The van der Waals surface area contributed by atoms with Gasteiger partial charge in [0.15, 0.2) is 11.6 Å². The van der Waals surface area contributed by atoms with Crippen LogP contribution in [0.25, 0.3) is 0 Å². The Labute approximate surface area is 202 Å². The number of ether oxygens (including phenoxy) is 2. The van der Waals surface area contributed by atoms with Crippen molar-refractivity contribution in [1.29, 1.82) is 5.26 Å². The highest BCUT2D eigenvalue weighted by Gasteiger charge is 2.26. The molecule has 0 spiro atoms.